The number of rotatable bonds is 4. The maximum absolute atomic E-state index is 12.3. The molecule has 0 aliphatic carbocycles. The molecule has 0 radical (unpaired) electrons. The van der Waals surface area contributed by atoms with Gasteiger partial charge in [-0.2, -0.15) is 0 Å². The first-order valence-electron chi connectivity index (χ1n) is 6.32. The summed E-state index contributed by atoms with van der Waals surface area (Å²) in [4.78, 5) is 16.4. The Morgan fingerprint density at radius 2 is 2.19 bits per heavy atom. The molecule has 2 unspecified atom stereocenters. The summed E-state index contributed by atoms with van der Waals surface area (Å²) in [7, 11) is 1.99. The second kappa shape index (κ2) is 6.21. The highest BCUT2D eigenvalue weighted by Crippen LogP contribution is 2.15. The summed E-state index contributed by atoms with van der Waals surface area (Å²) in [6.45, 7) is 6.54. The largest absolute Gasteiger partial charge is 0.339 e. The van der Waals surface area contributed by atoms with Gasteiger partial charge < -0.3 is 10.6 Å². The third-order valence-corrected chi connectivity index (χ3v) is 3.51. The van der Waals surface area contributed by atoms with Gasteiger partial charge >= 0.3 is 0 Å². The molecule has 2 N–H and O–H groups in total. The van der Waals surface area contributed by atoms with E-state index >= 15 is 0 Å². The molecule has 1 amide bonds. The lowest BCUT2D eigenvalue weighted by molar-refractivity contribution is -0.136. The van der Waals surface area contributed by atoms with E-state index in [1.807, 2.05) is 11.9 Å². The van der Waals surface area contributed by atoms with Gasteiger partial charge in [0.15, 0.2) is 0 Å². The van der Waals surface area contributed by atoms with E-state index in [0.717, 1.165) is 32.4 Å². The van der Waals surface area contributed by atoms with E-state index in [9.17, 15) is 4.79 Å². The summed E-state index contributed by atoms with van der Waals surface area (Å²) in [5.41, 5.74) is 5.70. The van der Waals surface area contributed by atoms with Gasteiger partial charge in [-0.15, -0.1) is 0 Å². The summed E-state index contributed by atoms with van der Waals surface area (Å²) in [5, 5.41) is 0. The average molecular weight is 227 g/mol. The van der Waals surface area contributed by atoms with Crippen LogP contribution in [0.1, 0.15) is 33.1 Å². The van der Waals surface area contributed by atoms with Gasteiger partial charge in [0.25, 0.3) is 0 Å². The fourth-order valence-electron chi connectivity index (χ4n) is 2.24. The van der Waals surface area contributed by atoms with Crippen LogP contribution in [-0.2, 0) is 4.79 Å². The third-order valence-electron chi connectivity index (χ3n) is 3.51. The van der Waals surface area contributed by atoms with Gasteiger partial charge in [-0.05, 0) is 26.8 Å². The number of hydrogen-bond donors (Lipinski definition) is 1. The van der Waals surface area contributed by atoms with E-state index in [2.05, 4.69) is 18.7 Å². The van der Waals surface area contributed by atoms with Crippen molar-refractivity contribution >= 4 is 5.91 Å². The lowest BCUT2D eigenvalue weighted by Gasteiger charge is -2.30. The molecule has 0 spiro atoms. The van der Waals surface area contributed by atoms with E-state index in [-0.39, 0.29) is 11.9 Å². The van der Waals surface area contributed by atoms with Gasteiger partial charge in [0.05, 0.1) is 0 Å². The van der Waals surface area contributed by atoms with Crippen molar-refractivity contribution in [3.8, 4) is 0 Å². The van der Waals surface area contributed by atoms with Gasteiger partial charge in [-0.25, -0.2) is 0 Å². The second-order valence-corrected chi connectivity index (χ2v) is 4.75. The van der Waals surface area contributed by atoms with Crippen molar-refractivity contribution in [2.75, 3.05) is 26.7 Å². The Morgan fingerprint density at radius 3 is 2.75 bits per heavy atom. The number of hydrogen-bond acceptors (Lipinski definition) is 3. The summed E-state index contributed by atoms with van der Waals surface area (Å²) < 4.78 is 0. The molecule has 0 aromatic rings. The number of carbonyl (C=O) groups excluding carboxylic acids is 1. The lowest BCUT2D eigenvalue weighted by atomic mass is 10.2. The van der Waals surface area contributed by atoms with Crippen LogP contribution in [-0.4, -0.2) is 54.5 Å². The highest BCUT2D eigenvalue weighted by molar-refractivity contribution is 5.82. The molecule has 4 heteroatoms. The predicted molar refractivity (Wildman–Crippen MR) is 66.2 cm³/mol. The van der Waals surface area contributed by atoms with Crippen LogP contribution < -0.4 is 5.73 Å². The van der Waals surface area contributed by atoms with Crippen molar-refractivity contribution in [2.45, 2.75) is 45.2 Å². The van der Waals surface area contributed by atoms with E-state index in [1.54, 1.807) is 0 Å². The van der Waals surface area contributed by atoms with E-state index in [4.69, 9.17) is 5.73 Å². The Hall–Kier alpha value is -0.610. The van der Waals surface area contributed by atoms with Gasteiger partial charge in [-0.1, -0.05) is 13.3 Å². The average Bonchev–Trinajstić information content (AvgIpc) is 2.36. The maximum atomic E-state index is 12.3. The normalized spacial score (nSPS) is 28.2. The first-order chi connectivity index (χ1) is 7.61. The second-order valence-electron chi connectivity index (χ2n) is 4.75. The molecule has 1 saturated heterocycles. The molecule has 16 heavy (non-hydrogen) atoms. The number of likely N-dealkylation sites (N-methyl/N-ethyl adjacent to an activating group) is 1. The molecule has 1 aliphatic heterocycles. The summed E-state index contributed by atoms with van der Waals surface area (Å²) in [5.74, 6) is 0.212. The minimum absolute atomic E-state index is 0.123. The van der Waals surface area contributed by atoms with Crippen molar-refractivity contribution in [3.05, 3.63) is 0 Å². The molecular formula is C12H25N3O. The smallest absolute Gasteiger partial charge is 0.241 e. The molecule has 2 atom stereocenters. The van der Waals surface area contributed by atoms with Crippen molar-refractivity contribution in [2.24, 2.45) is 5.73 Å². The lowest BCUT2D eigenvalue weighted by Crippen LogP contribution is -2.50. The van der Waals surface area contributed by atoms with Crippen molar-refractivity contribution in [1.29, 1.82) is 0 Å². The number of amides is 1. The Bertz CT molecular complexity index is 232. The molecule has 1 aliphatic rings. The fourth-order valence-corrected chi connectivity index (χ4v) is 2.24. The van der Waals surface area contributed by atoms with Crippen LogP contribution >= 0.6 is 0 Å². The van der Waals surface area contributed by atoms with Crippen LogP contribution in [0.25, 0.3) is 0 Å². The minimum Gasteiger partial charge on any atom is -0.339 e. The fraction of sp³-hybridized carbons (Fsp3) is 0.917. The molecular weight excluding hydrogens is 202 g/mol. The van der Waals surface area contributed by atoms with E-state index < -0.39 is 0 Å². The zero-order valence-electron chi connectivity index (χ0n) is 10.8. The van der Waals surface area contributed by atoms with Crippen LogP contribution in [0, 0.1) is 0 Å². The highest BCUT2D eigenvalue weighted by atomic mass is 16.2. The minimum atomic E-state index is -0.123. The third kappa shape index (κ3) is 2.95. The molecule has 0 aromatic carbocycles. The topological polar surface area (TPSA) is 49.6 Å². The Morgan fingerprint density at radius 1 is 1.50 bits per heavy atom. The monoisotopic (exact) mass is 227 g/mol. The first-order valence-corrected chi connectivity index (χ1v) is 6.32. The number of carbonyl (C=O) groups is 1. The molecule has 1 fully saturated rings. The van der Waals surface area contributed by atoms with Gasteiger partial charge in [-0.3, -0.25) is 9.69 Å². The van der Waals surface area contributed by atoms with Crippen LogP contribution in [0.2, 0.25) is 0 Å². The first kappa shape index (κ1) is 13.5. The number of unbranched alkanes of at least 4 members (excludes halogenated alkanes) is 1. The Labute approximate surface area is 98.8 Å². The van der Waals surface area contributed by atoms with Crippen LogP contribution in [0.4, 0.5) is 0 Å². The highest BCUT2D eigenvalue weighted by Gasteiger charge is 2.32. The van der Waals surface area contributed by atoms with Crippen molar-refractivity contribution < 1.29 is 4.79 Å². The standard InChI is InChI=1S/C12H25N3O/c1-4-5-7-15-10(2)6-8-14(3)11(9-13)12(15)16/h10-11H,4-9,13H2,1-3H3. The summed E-state index contributed by atoms with van der Waals surface area (Å²) in [6, 6.07) is 0.222. The molecule has 1 rings (SSSR count). The molecule has 0 bridgehead atoms. The molecule has 94 valence electrons. The molecule has 4 nitrogen and oxygen atoms in total. The van der Waals surface area contributed by atoms with Crippen LogP contribution in [0.5, 0.6) is 0 Å². The zero-order valence-corrected chi connectivity index (χ0v) is 10.8. The van der Waals surface area contributed by atoms with E-state index in [0.29, 0.717) is 12.6 Å². The Balaban J connectivity index is 2.74. The van der Waals surface area contributed by atoms with Gasteiger partial charge in [0, 0.05) is 25.7 Å². The number of nitrogens with two attached hydrogens (primary N) is 1. The Kier molecular flexibility index (Phi) is 5.22. The van der Waals surface area contributed by atoms with Crippen LogP contribution in [0.15, 0.2) is 0 Å². The maximum Gasteiger partial charge on any atom is 0.241 e. The van der Waals surface area contributed by atoms with Gasteiger partial charge in [0.1, 0.15) is 6.04 Å². The quantitative estimate of drug-likeness (QED) is 0.768. The number of nitrogens with zero attached hydrogens (tertiary/aromatic N) is 2. The van der Waals surface area contributed by atoms with Crippen LogP contribution in [0.3, 0.4) is 0 Å². The SMILES string of the molecule is CCCCN1C(=O)C(CN)N(C)CCC1C. The molecule has 0 saturated carbocycles. The van der Waals surface area contributed by atoms with E-state index in [1.165, 1.54) is 0 Å². The predicted octanol–water partition coefficient (Wildman–Crippen LogP) is 0.666. The zero-order chi connectivity index (χ0) is 12.1. The molecule has 0 aromatic heterocycles. The molecule has 1 heterocycles. The van der Waals surface area contributed by atoms with Gasteiger partial charge in [0.2, 0.25) is 5.91 Å². The summed E-state index contributed by atoms with van der Waals surface area (Å²) >= 11 is 0. The van der Waals surface area contributed by atoms with Crippen molar-refractivity contribution in [1.82, 2.24) is 9.80 Å². The summed E-state index contributed by atoms with van der Waals surface area (Å²) in [6.07, 6.45) is 3.25. The van der Waals surface area contributed by atoms with Crippen molar-refractivity contribution in [3.63, 3.8) is 0 Å².